The number of amidine groups is 4. The molecule has 4 atom stereocenters. The van der Waals surface area contributed by atoms with Crippen LogP contribution >= 0.6 is 0 Å². The second kappa shape index (κ2) is 67.9. The van der Waals surface area contributed by atoms with Gasteiger partial charge in [-0.2, -0.15) is 0 Å². The van der Waals surface area contributed by atoms with Crippen molar-refractivity contribution < 1.29 is 38.4 Å². The first-order valence-corrected chi connectivity index (χ1v) is 49.4. The zero-order valence-corrected chi connectivity index (χ0v) is 75.8. The Hall–Kier alpha value is -4.76. The van der Waals surface area contributed by atoms with Crippen LogP contribution in [0.15, 0.2) is 141 Å². The maximum absolute atomic E-state index is 9.72. The summed E-state index contributed by atoms with van der Waals surface area (Å²) in [5.41, 5.74) is 5.41. The predicted molar refractivity (Wildman–Crippen MR) is 501 cm³/mol. The average molecular weight is 1610 g/mol. The number of aliphatic hydroxyl groups is 4. The summed E-state index contributed by atoms with van der Waals surface area (Å²) in [5.74, 6) is 5.31. The van der Waals surface area contributed by atoms with Crippen molar-refractivity contribution in [2.75, 3.05) is 105 Å². The van der Waals surface area contributed by atoms with Crippen LogP contribution in [0.5, 0.6) is 0 Å². The summed E-state index contributed by atoms with van der Waals surface area (Å²) in [5, 5.41) is 38.7. The van der Waals surface area contributed by atoms with Crippen molar-refractivity contribution in [2.24, 2.45) is 20.0 Å². The van der Waals surface area contributed by atoms with Crippen LogP contribution in [0.2, 0.25) is 0 Å². The van der Waals surface area contributed by atoms with Crippen molar-refractivity contribution in [3.8, 4) is 0 Å². The maximum Gasteiger partial charge on any atom is 0.198 e. The highest BCUT2D eigenvalue weighted by molar-refractivity contribution is 5.78. The van der Waals surface area contributed by atoms with E-state index in [1.165, 1.54) is 354 Å². The summed E-state index contributed by atoms with van der Waals surface area (Å²) in [4.78, 5) is 19.5. The number of aliphatic imine (C=N–C) groups is 4. The van der Waals surface area contributed by atoms with Crippen LogP contribution in [0, 0.1) is 0 Å². The number of quaternary nitrogens is 4. The van der Waals surface area contributed by atoms with Crippen LogP contribution in [0.1, 0.15) is 384 Å². The Morgan fingerprint density at radius 2 is 0.353 bits per heavy atom. The van der Waals surface area contributed by atoms with Gasteiger partial charge in [-0.1, -0.05) is 432 Å². The molecule has 116 heavy (non-hydrogen) atoms. The normalized spacial score (nSPS) is 18.9. The Bertz CT molecular complexity index is 3040. The van der Waals surface area contributed by atoms with Crippen molar-refractivity contribution in [2.45, 2.75) is 388 Å². The minimum atomic E-state index is 0.240. The van der Waals surface area contributed by atoms with Gasteiger partial charge in [0.25, 0.3) is 0 Å². The fourth-order valence-electron chi connectivity index (χ4n) is 18.8. The zero-order chi connectivity index (χ0) is 82.5. The molecule has 0 fully saturated rings. The van der Waals surface area contributed by atoms with E-state index >= 15 is 0 Å². The molecule has 4 unspecified atom stereocenters. The number of aliphatic hydroxyl groups excluding tert-OH is 4. The van der Waals surface area contributed by atoms with Gasteiger partial charge in [0.05, 0.1) is 52.6 Å². The highest BCUT2D eigenvalue weighted by Crippen LogP contribution is 2.30. The minimum absolute atomic E-state index is 0.240. The number of hydrogen-bond donors (Lipinski definition) is 4. The summed E-state index contributed by atoms with van der Waals surface area (Å²) < 4.78 is 3.49. The summed E-state index contributed by atoms with van der Waals surface area (Å²) >= 11 is 0. The predicted octanol–water partition coefficient (Wildman–Crippen LogP) is 26.0. The van der Waals surface area contributed by atoms with Crippen LogP contribution in [0.25, 0.3) is 0 Å². The Morgan fingerprint density at radius 3 is 0.500 bits per heavy atom. The Balaban J connectivity index is 0.000000277. The molecule has 8 rings (SSSR count). The van der Waals surface area contributed by atoms with Gasteiger partial charge in [0.2, 0.25) is 0 Å². The zero-order valence-electron chi connectivity index (χ0n) is 75.8. The fraction of sp³-hybridized carbons (Fsp3) is 0.731. The number of unbranched alkanes of at least 4 members (excludes halogenated alkanes) is 44. The Kier molecular flexibility index (Phi) is 59.5. The van der Waals surface area contributed by atoms with Gasteiger partial charge < -0.3 is 20.4 Å². The van der Waals surface area contributed by atoms with E-state index in [4.69, 9.17) is 20.0 Å². The monoisotopic (exact) mass is 1610 g/mol. The molecule has 4 N–H and O–H groups in total. The molecule has 4 aromatic carbocycles. The molecule has 0 aromatic heterocycles. The van der Waals surface area contributed by atoms with Gasteiger partial charge in [-0.15, -0.1) is 0 Å². The average Bonchev–Trinajstić information content (AvgIpc) is 1.65. The Labute approximate surface area is 713 Å². The second-order valence-electron chi connectivity index (χ2n) is 35.6. The van der Waals surface area contributed by atoms with Gasteiger partial charge >= 0.3 is 0 Å². The van der Waals surface area contributed by atoms with Gasteiger partial charge in [0.1, 0.15) is 78.5 Å². The van der Waals surface area contributed by atoms with E-state index in [0.29, 0.717) is 0 Å². The first-order valence-electron chi connectivity index (χ1n) is 49.4. The molecule has 4 heterocycles. The van der Waals surface area contributed by atoms with Gasteiger partial charge in [0, 0.05) is 47.9 Å². The summed E-state index contributed by atoms with van der Waals surface area (Å²) in [6.07, 6.45) is 71.0. The molecule has 12 nitrogen and oxygen atoms in total. The van der Waals surface area contributed by atoms with E-state index in [0.717, 1.165) is 148 Å². The standard InChI is InChI=1S/C29H51N2O.C27H47N2O.C25H43N2O.C23H39N2O/c1-2-3-4-5-6-7-8-9-10-11-12-13-14-15-19-22-29-30-23-24-31(29,25-26-32)27-28-20-17-16-18-21-28;1-2-3-4-5-6-7-8-9-10-11-12-13-17-20-27-28-21-22-29(27,23-24-30)25-26-18-15-14-16-19-26;1-2-3-4-5-6-7-8-9-10-11-15-18-25-26-19-20-27(25,21-22-28)23-24-16-13-12-14-17-24;1-2-3-4-5-6-7-8-9-13-16-23-24-17-18-25(23,19-20-26)21-22-14-11-10-12-15-22/h16-18,20-21,32H,2-15,19,22-27H2,1H3;14-16,18-19,30H,2-13,17,20-25H2,1H3;12-14,16-17,28H,2-11,15,18-23H2,1H3;10-12,14-15,26H,2-9,13,16-21H2,1H3/q4*+1. The van der Waals surface area contributed by atoms with Crippen molar-refractivity contribution >= 4 is 23.3 Å². The van der Waals surface area contributed by atoms with E-state index in [2.05, 4.69) is 149 Å². The third kappa shape index (κ3) is 43.6. The molecule has 0 amide bonds. The quantitative estimate of drug-likeness (QED) is 0.0259. The molecule has 0 aliphatic carbocycles. The van der Waals surface area contributed by atoms with E-state index in [1.54, 1.807) is 0 Å². The second-order valence-corrected chi connectivity index (χ2v) is 35.6. The van der Waals surface area contributed by atoms with Crippen LogP contribution in [-0.4, -0.2) is 167 Å². The lowest BCUT2D eigenvalue weighted by Gasteiger charge is -2.34. The molecule has 656 valence electrons. The molecule has 0 bridgehead atoms. The van der Waals surface area contributed by atoms with Crippen LogP contribution in [0.4, 0.5) is 0 Å². The number of nitrogens with zero attached hydrogens (tertiary/aromatic N) is 8. The fourth-order valence-corrected chi connectivity index (χ4v) is 18.8. The van der Waals surface area contributed by atoms with Crippen molar-refractivity contribution in [1.82, 2.24) is 0 Å². The molecular weight excluding hydrogens is 1430 g/mol. The molecule has 0 spiro atoms. The highest BCUT2D eigenvalue weighted by Gasteiger charge is 2.41. The first-order chi connectivity index (χ1) is 57.2. The number of hydrogen-bond acceptors (Lipinski definition) is 8. The molecule has 4 aliphatic rings. The SMILES string of the molecule is CCCCCCCCCCCC1=NCC[N+]1(CCO)Cc1ccccc1.CCCCCCCCCCCCCC1=NCC[N+]1(CCO)Cc1ccccc1.CCCCCCCCCCCCCCCC1=NCC[N+]1(CCO)Cc1ccccc1.CCCCCCCCCCCCCCCCCC1=NCC[N+]1(CCO)Cc1ccccc1. The molecule has 4 aliphatic heterocycles. The lowest BCUT2D eigenvalue weighted by molar-refractivity contribution is -0.850. The van der Waals surface area contributed by atoms with Gasteiger partial charge in [-0.25, -0.2) is 20.0 Å². The summed E-state index contributed by atoms with van der Waals surface area (Å²) in [6, 6.07) is 42.8. The Morgan fingerprint density at radius 1 is 0.207 bits per heavy atom. The molecule has 0 radical (unpaired) electrons. The topological polar surface area (TPSA) is 130 Å². The molecule has 4 aromatic rings. The van der Waals surface area contributed by atoms with Crippen molar-refractivity contribution in [3.05, 3.63) is 144 Å². The first kappa shape index (κ1) is 102. The van der Waals surface area contributed by atoms with E-state index in [9.17, 15) is 20.4 Å². The largest absolute Gasteiger partial charge is 0.390 e. The van der Waals surface area contributed by atoms with E-state index in [1.807, 2.05) is 0 Å². The molecule has 0 saturated carbocycles. The minimum Gasteiger partial charge on any atom is -0.390 e. The van der Waals surface area contributed by atoms with Gasteiger partial charge in [-0.05, 0) is 25.7 Å². The van der Waals surface area contributed by atoms with Crippen LogP contribution in [-0.2, 0) is 26.2 Å². The van der Waals surface area contributed by atoms with Crippen molar-refractivity contribution in [1.29, 1.82) is 0 Å². The van der Waals surface area contributed by atoms with E-state index < -0.39 is 0 Å². The van der Waals surface area contributed by atoms with Crippen LogP contribution < -0.4 is 0 Å². The van der Waals surface area contributed by atoms with Gasteiger partial charge in [-0.3, -0.25) is 17.9 Å². The molecule has 0 saturated heterocycles. The van der Waals surface area contributed by atoms with E-state index in [-0.39, 0.29) is 26.4 Å². The third-order valence-electron chi connectivity index (χ3n) is 25.9. The number of benzene rings is 4. The lowest BCUT2D eigenvalue weighted by Crippen LogP contribution is -2.51. The smallest absolute Gasteiger partial charge is 0.198 e. The van der Waals surface area contributed by atoms with Gasteiger partial charge in [0.15, 0.2) is 23.3 Å². The summed E-state index contributed by atoms with van der Waals surface area (Å²) in [6.45, 7) is 25.0. The third-order valence-corrected chi connectivity index (χ3v) is 25.9. The van der Waals surface area contributed by atoms with Crippen LogP contribution in [0.3, 0.4) is 0 Å². The van der Waals surface area contributed by atoms with Crippen molar-refractivity contribution in [3.63, 3.8) is 0 Å². The lowest BCUT2D eigenvalue weighted by atomic mass is 10.0. The number of rotatable bonds is 68. The molecular formula is C104H180N8O4+4. The maximum atomic E-state index is 9.72. The highest BCUT2D eigenvalue weighted by atomic mass is 16.3. The summed E-state index contributed by atoms with van der Waals surface area (Å²) in [7, 11) is 0. The molecule has 12 heteroatoms.